The molecule has 0 spiro atoms. The maximum Gasteiger partial charge on any atom is 0.338 e. The van der Waals surface area contributed by atoms with E-state index in [1.165, 1.54) is 0 Å². The highest BCUT2D eigenvalue weighted by Crippen LogP contribution is 2.41. The van der Waals surface area contributed by atoms with Crippen LogP contribution in [0.4, 0.5) is 0 Å². The van der Waals surface area contributed by atoms with Crippen LogP contribution in [-0.2, 0) is 23.8 Å². The molecule has 1 aliphatic rings. The number of esters is 2. The highest BCUT2D eigenvalue weighted by molar-refractivity contribution is 5.99. The Morgan fingerprint density at radius 2 is 1.38 bits per heavy atom. The Morgan fingerprint density at radius 3 is 1.79 bits per heavy atom. The van der Waals surface area contributed by atoms with E-state index in [9.17, 15) is 9.59 Å². The Kier molecular flexibility index (Phi) is 5.79. The minimum atomic E-state index is -0.571. The molecule has 5 heteroatoms. The fourth-order valence-corrected chi connectivity index (χ4v) is 2.81. The molecule has 0 unspecified atom stereocenters. The van der Waals surface area contributed by atoms with Gasteiger partial charge in [-0.25, -0.2) is 9.59 Å². The normalized spacial score (nSPS) is 15.2. The molecule has 1 aromatic carbocycles. The van der Waals surface area contributed by atoms with Crippen LogP contribution in [-0.4, -0.2) is 25.2 Å². The number of allylic oxidation sites excluding steroid dienone is 2. The lowest BCUT2D eigenvalue weighted by Gasteiger charge is -2.29. The summed E-state index contributed by atoms with van der Waals surface area (Å²) in [5.41, 5.74) is 1.47. The second-order valence-corrected chi connectivity index (χ2v) is 5.33. The van der Waals surface area contributed by atoms with E-state index in [1.54, 1.807) is 27.7 Å². The zero-order valence-corrected chi connectivity index (χ0v) is 14.4. The van der Waals surface area contributed by atoms with Crippen molar-refractivity contribution in [3.63, 3.8) is 0 Å². The van der Waals surface area contributed by atoms with Gasteiger partial charge in [-0.3, -0.25) is 0 Å². The molecule has 0 atom stereocenters. The average Bonchev–Trinajstić information content (AvgIpc) is 2.55. The third kappa shape index (κ3) is 3.50. The van der Waals surface area contributed by atoms with Crippen molar-refractivity contribution in [1.82, 2.24) is 0 Å². The zero-order valence-electron chi connectivity index (χ0n) is 14.4. The van der Waals surface area contributed by atoms with E-state index in [4.69, 9.17) is 14.2 Å². The fraction of sp³-hybridized carbons (Fsp3) is 0.368. The van der Waals surface area contributed by atoms with Crippen molar-refractivity contribution < 1.29 is 23.8 Å². The molecule has 0 amide bonds. The summed E-state index contributed by atoms with van der Waals surface area (Å²) in [6.07, 6.45) is 0. The summed E-state index contributed by atoms with van der Waals surface area (Å²) in [6.45, 7) is 7.37. The van der Waals surface area contributed by atoms with Crippen LogP contribution >= 0.6 is 0 Å². The van der Waals surface area contributed by atoms with Gasteiger partial charge in [0.2, 0.25) is 0 Å². The van der Waals surface area contributed by atoms with Gasteiger partial charge in [0.25, 0.3) is 0 Å². The summed E-state index contributed by atoms with van der Waals surface area (Å²) in [6, 6.07) is 9.34. The van der Waals surface area contributed by atoms with Crippen LogP contribution in [0.5, 0.6) is 0 Å². The van der Waals surface area contributed by atoms with Gasteiger partial charge < -0.3 is 14.2 Å². The Bertz CT molecular complexity index is 645. The van der Waals surface area contributed by atoms with Gasteiger partial charge in [-0.2, -0.15) is 0 Å². The van der Waals surface area contributed by atoms with Gasteiger partial charge in [0, 0.05) is 0 Å². The van der Waals surface area contributed by atoms with E-state index < -0.39 is 17.9 Å². The minimum Gasteiger partial charge on any atom is -0.465 e. The second kappa shape index (κ2) is 7.81. The molecule has 0 aliphatic carbocycles. The molecule has 0 radical (unpaired) electrons. The molecule has 1 heterocycles. The van der Waals surface area contributed by atoms with Gasteiger partial charge in [-0.1, -0.05) is 30.3 Å². The number of rotatable bonds is 5. The zero-order chi connectivity index (χ0) is 17.7. The predicted molar refractivity (Wildman–Crippen MR) is 88.9 cm³/mol. The Hall–Kier alpha value is -2.56. The van der Waals surface area contributed by atoms with E-state index in [-0.39, 0.29) is 13.2 Å². The first-order valence-corrected chi connectivity index (χ1v) is 7.99. The number of hydrogen-bond donors (Lipinski definition) is 0. The third-order valence-electron chi connectivity index (χ3n) is 3.77. The van der Waals surface area contributed by atoms with Crippen LogP contribution in [0.15, 0.2) is 53.0 Å². The van der Waals surface area contributed by atoms with Gasteiger partial charge in [0.1, 0.15) is 11.5 Å². The number of benzene rings is 1. The largest absolute Gasteiger partial charge is 0.465 e. The van der Waals surface area contributed by atoms with Crippen molar-refractivity contribution in [1.29, 1.82) is 0 Å². The van der Waals surface area contributed by atoms with Gasteiger partial charge >= 0.3 is 11.9 Å². The molecule has 24 heavy (non-hydrogen) atoms. The van der Waals surface area contributed by atoms with Crippen LogP contribution in [0.1, 0.15) is 39.2 Å². The summed E-state index contributed by atoms with van der Waals surface area (Å²) in [5, 5.41) is 0. The molecular weight excluding hydrogens is 308 g/mol. The van der Waals surface area contributed by atoms with E-state index in [0.717, 1.165) is 5.56 Å². The van der Waals surface area contributed by atoms with Gasteiger partial charge in [0.05, 0.1) is 30.3 Å². The molecule has 0 aromatic heterocycles. The lowest BCUT2D eigenvalue weighted by molar-refractivity contribution is -0.140. The molecular formula is C19H22O5. The van der Waals surface area contributed by atoms with Crippen LogP contribution < -0.4 is 0 Å². The second-order valence-electron chi connectivity index (χ2n) is 5.33. The molecule has 1 aromatic rings. The summed E-state index contributed by atoms with van der Waals surface area (Å²) < 4.78 is 16.0. The Morgan fingerprint density at radius 1 is 0.917 bits per heavy atom. The van der Waals surface area contributed by atoms with Crippen molar-refractivity contribution >= 4 is 11.9 Å². The van der Waals surface area contributed by atoms with Crippen molar-refractivity contribution in [2.24, 2.45) is 0 Å². The molecule has 0 N–H and O–H groups in total. The van der Waals surface area contributed by atoms with Crippen LogP contribution in [0.2, 0.25) is 0 Å². The quantitative estimate of drug-likeness (QED) is 0.774. The minimum absolute atomic E-state index is 0.245. The number of carbonyl (C=O) groups excluding carboxylic acids is 2. The lowest BCUT2D eigenvalue weighted by atomic mass is 9.82. The summed E-state index contributed by atoms with van der Waals surface area (Å²) in [5.74, 6) is -0.671. The SMILES string of the molecule is CCOC(=O)C1=C(C)OC(C)=C(C(=O)OCC)C1c1ccccc1. The molecule has 0 bridgehead atoms. The standard InChI is InChI=1S/C19H22O5/c1-5-22-18(20)15-12(3)24-13(4)16(19(21)23-6-2)17(15)14-10-8-7-9-11-14/h7-11,17H,5-6H2,1-4H3. The average molecular weight is 330 g/mol. The van der Waals surface area contributed by atoms with Crippen molar-refractivity contribution in [3.05, 3.63) is 58.6 Å². The molecule has 0 saturated heterocycles. The molecule has 0 fully saturated rings. The maximum atomic E-state index is 12.5. The smallest absolute Gasteiger partial charge is 0.338 e. The summed E-state index contributed by atoms with van der Waals surface area (Å²) in [7, 11) is 0. The van der Waals surface area contributed by atoms with Crippen molar-refractivity contribution in [3.8, 4) is 0 Å². The first kappa shape index (κ1) is 17.8. The highest BCUT2D eigenvalue weighted by atomic mass is 16.5. The maximum absolute atomic E-state index is 12.5. The number of ether oxygens (including phenoxy) is 3. The third-order valence-corrected chi connectivity index (χ3v) is 3.77. The predicted octanol–water partition coefficient (Wildman–Crippen LogP) is 3.47. The Balaban J connectivity index is 2.59. The van der Waals surface area contributed by atoms with E-state index in [1.807, 2.05) is 30.3 Å². The molecule has 5 nitrogen and oxygen atoms in total. The van der Waals surface area contributed by atoms with Gasteiger partial charge in [-0.15, -0.1) is 0 Å². The van der Waals surface area contributed by atoms with Gasteiger partial charge in [0.15, 0.2) is 0 Å². The molecule has 2 rings (SSSR count). The van der Waals surface area contributed by atoms with Crippen molar-refractivity contribution in [2.75, 3.05) is 13.2 Å². The molecule has 128 valence electrons. The molecule has 1 aliphatic heterocycles. The number of carbonyl (C=O) groups is 2. The van der Waals surface area contributed by atoms with Crippen LogP contribution in [0.3, 0.4) is 0 Å². The van der Waals surface area contributed by atoms with Crippen molar-refractivity contribution in [2.45, 2.75) is 33.6 Å². The topological polar surface area (TPSA) is 61.8 Å². The van der Waals surface area contributed by atoms with E-state index in [2.05, 4.69) is 0 Å². The fourth-order valence-electron chi connectivity index (χ4n) is 2.81. The molecule has 0 saturated carbocycles. The van der Waals surface area contributed by atoms with E-state index >= 15 is 0 Å². The first-order valence-electron chi connectivity index (χ1n) is 7.99. The number of hydrogen-bond acceptors (Lipinski definition) is 5. The lowest BCUT2D eigenvalue weighted by Crippen LogP contribution is -2.27. The highest BCUT2D eigenvalue weighted by Gasteiger charge is 2.39. The van der Waals surface area contributed by atoms with Crippen LogP contribution in [0.25, 0.3) is 0 Å². The van der Waals surface area contributed by atoms with E-state index in [0.29, 0.717) is 22.7 Å². The Labute approximate surface area is 141 Å². The van der Waals surface area contributed by atoms with Gasteiger partial charge in [-0.05, 0) is 33.3 Å². The monoisotopic (exact) mass is 330 g/mol. The summed E-state index contributed by atoms with van der Waals surface area (Å²) >= 11 is 0. The first-order chi connectivity index (χ1) is 11.5. The summed E-state index contributed by atoms with van der Waals surface area (Å²) in [4.78, 5) is 25.0. The van der Waals surface area contributed by atoms with Crippen LogP contribution in [0, 0.1) is 0 Å².